The number of benzene rings is 1. The van der Waals surface area contributed by atoms with Gasteiger partial charge >= 0.3 is 7.63 Å². The van der Waals surface area contributed by atoms with Crippen LogP contribution in [0.25, 0.3) is 0 Å². The standard InChI is InChI=1S/C22H28ClNO4Si/c1-29(2,23)28-16-6-5-14-11-17-22(26)8-7-15(25)20-21(22,18(14)19(16)27-20)9-10-24(17)12-13-3-4-13/h5-6,13,17,20,26H,3-4,7-12H2,1-2H3/t17-,20+,21+,22-/m1/s1. The number of halogens is 1. The van der Waals surface area contributed by atoms with Gasteiger partial charge in [0.1, 0.15) is 5.75 Å². The zero-order chi connectivity index (χ0) is 20.2. The number of likely N-dealkylation sites (tertiary alicyclic amines) is 1. The molecule has 6 rings (SSSR count). The van der Waals surface area contributed by atoms with E-state index in [2.05, 4.69) is 11.0 Å². The fourth-order valence-electron chi connectivity index (χ4n) is 6.60. The minimum atomic E-state index is -2.36. The number of ketones is 1. The Labute approximate surface area is 177 Å². The van der Waals surface area contributed by atoms with E-state index >= 15 is 0 Å². The van der Waals surface area contributed by atoms with Crippen LogP contribution in [0.3, 0.4) is 0 Å². The third-order valence-corrected chi connectivity index (χ3v) is 8.83. The van der Waals surface area contributed by atoms with Gasteiger partial charge in [-0.2, -0.15) is 0 Å². The van der Waals surface area contributed by atoms with E-state index in [0.29, 0.717) is 24.3 Å². The van der Waals surface area contributed by atoms with Gasteiger partial charge in [-0.15, -0.1) is 11.1 Å². The van der Waals surface area contributed by atoms with Gasteiger partial charge in [0.15, 0.2) is 17.6 Å². The molecule has 156 valence electrons. The first-order chi connectivity index (χ1) is 13.7. The van der Waals surface area contributed by atoms with Crippen LogP contribution in [0.2, 0.25) is 13.1 Å². The smallest absolute Gasteiger partial charge is 0.341 e. The summed E-state index contributed by atoms with van der Waals surface area (Å²) in [6.07, 6.45) is 4.47. The van der Waals surface area contributed by atoms with Crippen LogP contribution in [0, 0.1) is 5.92 Å². The molecule has 4 atom stereocenters. The third-order valence-electron chi connectivity index (χ3n) is 7.90. The van der Waals surface area contributed by atoms with Crippen LogP contribution in [0.5, 0.6) is 11.5 Å². The number of Topliss-reactive ketones (excluding diaryl/α,β-unsaturated/α-hetero) is 1. The summed E-state index contributed by atoms with van der Waals surface area (Å²) >= 11 is 6.48. The second-order valence-electron chi connectivity index (χ2n) is 10.2. The molecular weight excluding hydrogens is 406 g/mol. The molecule has 29 heavy (non-hydrogen) atoms. The molecule has 2 aliphatic heterocycles. The molecule has 1 spiro atoms. The van der Waals surface area contributed by atoms with E-state index in [1.165, 1.54) is 18.4 Å². The van der Waals surface area contributed by atoms with E-state index in [4.69, 9.17) is 20.2 Å². The Bertz CT molecular complexity index is 913. The average Bonchev–Trinajstić information content (AvgIpc) is 3.38. The number of hydrogen-bond donors (Lipinski definition) is 1. The maximum Gasteiger partial charge on any atom is 0.341 e. The summed E-state index contributed by atoms with van der Waals surface area (Å²) in [4.78, 5) is 15.5. The summed E-state index contributed by atoms with van der Waals surface area (Å²) in [7, 11) is -2.36. The largest absolute Gasteiger partial charge is 0.527 e. The number of hydrogen-bond acceptors (Lipinski definition) is 5. The van der Waals surface area contributed by atoms with Crippen LogP contribution in [-0.2, 0) is 16.6 Å². The van der Waals surface area contributed by atoms with Gasteiger partial charge in [-0.3, -0.25) is 9.69 Å². The first kappa shape index (κ1) is 18.7. The highest BCUT2D eigenvalue weighted by atomic mass is 35.6. The minimum absolute atomic E-state index is 0.0557. The lowest BCUT2D eigenvalue weighted by Crippen LogP contribution is -2.76. The second kappa shape index (κ2) is 5.78. The molecule has 3 aliphatic carbocycles. The summed E-state index contributed by atoms with van der Waals surface area (Å²) in [5, 5.41) is 12.2. The van der Waals surface area contributed by atoms with Crippen LogP contribution in [-0.4, -0.2) is 54.3 Å². The predicted octanol–water partition coefficient (Wildman–Crippen LogP) is 3.14. The molecule has 0 aromatic heterocycles. The number of piperidine rings is 1. The molecule has 0 unspecified atom stereocenters. The van der Waals surface area contributed by atoms with Crippen molar-refractivity contribution >= 4 is 24.5 Å². The zero-order valence-corrected chi connectivity index (χ0v) is 18.8. The van der Waals surface area contributed by atoms with Crippen molar-refractivity contribution in [2.75, 3.05) is 13.1 Å². The Morgan fingerprint density at radius 3 is 2.86 bits per heavy atom. The number of rotatable bonds is 4. The first-order valence-electron chi connectivity index (χ1n) is 10.9. The van der Waals surface area contributed by atoms with Gasteiger partial charge in [0, 0.05) is 24.6 Å². The molecule has 1 saturated heterocycles. The van der Waals surface area contributed by atoms with Gasteiger partial charge in [-0.25, -0.2) is 0 Å². The Hall–Kier alpha value is -1.08. The highest BCUT2D eigenvalue weighted by Gasteiger charge is 2.73. The maximum atomic E-state index is 13.0. The van der Waals surface area contributed by atoms with Crippen molar-refractivity contribution in [3.8, 4) is 11.5 Å². The number of nitrogens with zero attached hydrogens (tertiary/aromatic N) is 1. The van der Waals surface area contributed by atoms with Crippen molar-refractivity contribution in [2.45, 2.75) is 74.8 Å². The van der Waals surface area contributed by atoms with Gasteiger partial charge in [0.2, 0.25) is 0 Å². The lowest BCUT2D eigenvalue weighted by Gasteiger charge is -2.62. The van der Waals surface area contributed by atoms with Crippen LogP contribution >= 0.6 is 11.1 Å². The van der Waals surface area contributed by atoms with Crippen molar-refractivity contribution < 1.29 is 19.1 Å². The third kappa shape index (κ3) is 2.43. The molecule has 1 aromatic rings. The van der Waals surface area contributed by atoms with Crippen molar-refractivity contribution in [1.29, 1.82) is 0 Å². The van der Waals surface area contributed by atoms with Crippen molar-refractivity contribution in [3.63, 3.8) is 0 Å². The Kier molecular flexibility index (Phi) is 3.72. The molecule has 0 radical (unpaired) electrons. The van der Waals surface area contributed by atoms with Gasteiger partial charge < -0.3 is 14.3 Å². The topological polar surface area (TPSA) is 59.0 Å². The quantitative estimate of drug-likeness (QED) is 0.584. The molecule has 3 fully saturated rings. The van der Waals surface area contributed by atoms with Gasteiger partial charge in [-0.1, -0.05) is 6.07 Å². The van der Waals surface area contributed by atoms with E-state index in [-0.39, 0.29) is 11.8 Å². The number of carbonyl (C=O) groups is 1. The van der Waals surface area contributed by atoms with Crippen LogP contribution < -0.4 is 9.16 Å². The van der Waals surface area contributed by atoms with E-state index in [1.807, 2.05) is 19.2 Å². The Morgan fingerprint density at radius 1 is 1.34 bits per heavy atom. The van der Waals surface area contributed by atoms with E-state index in [0.717, 1.165) is 37.4 Å². The lowest BCUT2D eigenvalue weighted by molar-refractivity contribution is -0.188. The summed E-state index contributed by atoms with van der Waals surface area (Å²) in [5.41, 5.74) is 0.665. The molecule has 2 saturated carbocycles. The lowest BCUT2D eigenvalue weighted by atomic mass is 9.49. The molecule has 1 aromatic carbocycles. The maximum absolute atomic E-state index is 13.0. The fraction of sp³-hybridized carbons (Fsp3) is 0.682. The van der Waals surface area contributed by atoms with Gasteiger partial charge in [0.25, 0.3) is 0 Å². The number of ether oxygens (including phenoxy) is 1. The highest BCUT2D eigenvalue weighted by Crippen LogP contribution is 2.65. The Balaban J connectivity index is 1.53. The zero-order valence-electron chi connectivity index (χ0n) is 17.0. The fourth-order valence-corrected chi connectivity index (χ4v) is 7.53. The normalized spacial score (nSPS) is 37.9. The summed E-state index contributed by atoms with van der Waals surface area (Å²) in [6, 6.07) is 4.13. The molecule has 2 heterocycles. The van der Waals surface area contributed by atoms with Crippen LogP contribution in [0.1, 0.15) is 43.2 Å². The van der Waals surface area contributed by atoms with Crippen LogP contribution in [0.15, 0.2) is 12.1 Å². The Morgan fingerprint density at radius 2 is 2.14 bits per heavy atom. The van der Waals surface area contributed by atoms with E-state index in [1.54, 1.807) is 0 Å². The molecule has 7 heteroatoms. The molecule has 2 bridgehead atoms. The number of aliphatic hydroxyl groups is 1. The molecule has 0 amide bonds. The molecule has 1 N–H and O–H groups in total. The van der Waals surface area contributed by atoms with Gasteiger partial charge in [-0.05, 0) is 69.3 Å². The minimum Gasteiger partial charge on any atom is -0.527 e. The van der Waals surface area contributed by atoms with Crippen LogP contribution in [0.4, 0.5) is 0 Å². The highest BCUT2D eigenvalue weighted by molar-refractivity contribution is 7.15. The van der Waals surface area contributed by atoms with E-state index < -0.39 is 24.7 Å². The predicted molar refractivity (Wildman–Crippen MR) is 112 cm³/mol. The second-order valence-corrected chi connectivity index (χ2v) is 15.8. The van der Waals surface area contributed by atoms with Gasteiger partial charge in [0.05, 0.1) is 11.0 Å². The van der Waals surface area contributed by atoms with Crippen molar-refractivity contribution in [1.82, 2.24) is 4.90 Å². The molecule has 5 nitrogen and oxygen atoms in total. The number of carbonyl (C=O) groups excluding carboxylic acids is 1. The average molecular weight is 434 g/mol. The summed E-state index contributed by atoms with van der Waals surface area (Å²) in [5.74, 6) is 2.18. The molecule has 5 aliphatic rings. The molecular formula is C22H28ClNO4Si. The summed E-state index contributed by atoms with van der Waals surface area (Å²) in [6.45, 7) is 5.83. The van der Waals surface area contributed by atoms with Crippen molar-refractivity contribution in [3.05, 3.63) is 23.3 Å². The van der Waals surface area contributed by atoms with Crippen molar-refractivity contribution in [2.24, 2.45) is 5.92 Å². The monoisotopic (exact) mass is 433 g/mol. The first-order valence-corrected chi connectivity index (χ1v) is 14.8. The summed E-state index contributed by atoms with van der Waals surface area (Å²) < 4.78 is 12.5. The SMILES string of the molecule is C[Si](C)(Cl)Oc1ccc2c3c1O[C@H]1C(=O)CC[C@@]4(O)[C@@H](C2)N(CC2CC2)CC[C@]314. The van der Waals surface area contributed by atoms with E-state index in [9.17, 15) is 9.90 Å².